The van der Waals surface area contributed by atoms with Gasteiger partial charge in [0.25, 0.3) is 0 Å². The molecule has 0 spiro atoms. The van der Waals surface area contributed by atoms with E-state index in [4.69, 9.17) is 4.74 Å². The fourth-order valence-corrected chi connectivity index (χ4v) is 3.75. The van der Waals surface area contributed by atoms with Crippen LogP contribution in [0, 0.1) is 0 Å². The SMILES string of the molecule is COc1ccc2cc(Br)ccc2c1CNC(=O)NC1CCCCC1. The molecule has 0 saturated heterocycles. The van der Waals surface area contributed by atoms with Crippen molar-refractivity contribution in [2.24, 2.45) is 0 Å². The quantitative estimate of drug-likeness (QED) is 0.791. The average Bonchev–Trinajstić information content (AvgIpc) is 2.60. The molecule has 2 amide bonds. The van der Waals surface area contributed by atoms with Crippen molar-refractivity contribution in [2.45, 2.75) is 44.7 Å². The molecule has 2 aromatic rings. The highest BCUT2D eigenvalue weighted by molar-refractivity contribution is 9.10. The van der Waals surface area contributed by atoms with Gasteiger partial charge in [0.1, 0.15) is 5.75 Å². The highest BCUT2D eigenvalue weighted by Crippen LogP contribution is 2.30. The third-order valence-corrected chi connectivity index (χ3v) is 5.13. The zero-order chi connectivity index (χ0) is 16.9. The van der Waals surface area contributed by atoms with Gasteiger partial charge in [0.15, 0.2) is 0 Å². The predicted octanol–water partition coefficient (Wildman–Crippen LogP) is 4.74. The largest absolute Gasteiger partial charge is 0.496 e. The molecular formula is C19H23BrN2O2. The van der Waals surface area contributed by atoms with Crippen molar-refractivity contribution in [1.82, 2.24) is 10.6 Å². The summed E-state index contributed by atoms with van der Waals surface area (Å²) >= 11 is 3.50. The molecular weight excluding hydrogens is 368 g/mol. The predicted molar refractivity (Wildman–Crippen MR) is 100 cm³/mol. The van der Waals surface area contributed by atoms with Gasteiger partial charge in [-0.25, -0.2) is 4.79 Å². The van der Waals surface area contributed by atoms with Gasteiger partial charge in [-0.15, -0.1) is 0 Å². The van der Waals surface area contributed by atoms with Gasteiger partial charge in [0.05, 0.1) is 7.11 Å². The van der Waals surface area contributed by atoms with Crippen LogP contribution in [-0.4, -0.2) is 19.2 Å². The van der Waals surface area contributed by atoms with E-state index in [2.05, 4.69) is 38.7 Å². The summed E-state index contributed by atoms with van der Waals surface area (Å²) in [6.07, 6.45) is 5.86. The molecule has 128 valence electrons. The van der Waals surface area contributed by atoms with Crippen LogP contribution in [0.2, 0.25) is 0 Å². The molecule has 0 unspecified atom stereocenters. The number of hydrogen-bond acceptors (Lipinski definition) is 2. The van der Waals surface area contributed by atoms with Crippen molar-refractivity contribution in [2.75, 3.05) is 7.11 Å². The van der Waals surface area contributed by atoms with E-state index in [9.17, 15) is 4.79 Å². The number of carbonyl (C=O) groups excluding carboxylic acids is 1. The summed E-state index contributed by atoms with van der Waals surface area (Å²) in [5.74, 6) is 0.794. The van der Waals surface area contributed by atoms with Gasteiger partial charge in [0, 0.05) is 22.6 Å². The van der Waals surface area contributed by atoms with E-state index in [-0.39, 0.29) is 6.03 Å². The molecule has 24 heavy (non-hydrogen) atoms. The minimum atomic E-state index is -0.0990. The maximum Gasteiger partial charge on any atom is 0.315 e. The first-order valence-corrected chi connectivity index (χ1v) is 9.26. The Morgan fingerprint density at radius 1 is 1.21 bits per heavy atom. The van der Waals surface area contributed by atoms with Gasteiger partial charge in [0.2, 0.25) is 0 Å². The van der Waals surface area contributed by atoms with Crippen molar-refractivity contribution in [1.29, 1.82) is 0 Å². The topological polar surface area (TPSA) is 50.4 Å². The number of nitrogens with one attached hydrogen (secondary N) is 2. The van der Waals surface area contributed by atoms with E-state index >= 15 is 0 Å². The summed E-state index contributed by atoms with van der Waals surface area (Å²) in [5, 5.41) is 8.28. The van der Waals surface area contributed by atoms with E-state index in [1.807, 2.05) is 18.2 Å². The smallest absolute Gasteiger partial charge is 0.315 e. The van der Waals surface area contributed by atoms with Crippen molar-refractivity contribution in [3.8, 4) is 5.75 Å². The first-order chi connectivity index (χ1) is 11.7. The summed E-state index contributed by atoms with van der Waals surface area (Å²) in [6.45, 7) is 0.445. The monoisotopic (exact) mass is 390 g/mol. The van der Waals surface area contributed by atoms with Crippen LogP contribution in [0.3, 0.4) is 0 Å². The highest BCUT2D eigenvalue weighted by atomic mass is 79.9. The van der Waals surface area contributed by atoms with Gasteiger partial charge in [-0.2, -0.15) is 0 Å². The van der Waals surface area contributed by atoms with Crippen molar-refractivity contribution in [3.05, 3.63) is 40.4 Å². The van der Waals surface area contributed by atoms with Gasteiger partial charge in [-0.05, 0) is 41.8 Å². The summed E-state index contributed by atoms with van der Waals surface area (Å²) in [4.78, 5) is 12.2. The molecule has 2 N–H and O–H groups in total. The zero-order valence-electron chi connectivity index (χ0n) is 13.9. The number of methoxy groups -OCH3 is 1. The van der Waals surface area contributed by atoms with Crippen LogP contribution in [-0.2, 0) is 6.54 Å². The third-order valence-electron chi connectivity index (χ3n) is 4.64. The minimum Gasteiger partial charge on any atom is -0.496 e. The lowest BCUT2D eigenvalue weighted by Gasteiger charge is -2.23. The Bertz CT molecular complexity index is 727. The summed E-state index contributed by atoms with van der Waals surface area (Å²) in [7, 11) is 1.66. The Labute approximate surface area is 151 Å². The maximum absolute atomic E-state index is 12.2. The van der Waals surface area contributed by atoms with Crippen molar-refractivity contribution in [3.63, 3.8) is 0 Å². The number of carbonyl (C=O) groups is 1. The number of halogens is 1. The highest BCUT2D eigenvalue weighted by Gasteiger charge is 2.16. The van der Waals surface area contributed by atoms with Crippen LogP contribution in [0.1, 0.15) is 37.7 Å². The molecule has 0 bridgehead atoms. The van der Waals surface area contributed by atoms with E-state index in [1.165, 1.54) is 19.3 Å². The first-order valence-electron chi connectivity index (χ1n) is 8.47. The number of hydrogen-bond donors (Lipinski definition) is 2. The summed E-state index contributed by atoms with van der Waals surface area (Å²) < 4.78 is 6.52. The average molecular weight is 391 g/mol. The third kappa shape index (κ3) is 4.01. The van der Waals surface area contributed by atoms with Crippen LogP contribution in [0.4, 0.5) is 4.79 Å². The number of rotatable bonds is 4. The lowest BCUT2D eigenvalue weighted by Crippen LogP contribution is -2.42. The van der Waals surface area contributed by atoms with Crippen LogP contribution < -0.4 is 15.4 Å². The summed E-state index contributed by atoms with van der Waals surface area (Å²) in [6, 6.07) is 10.3. The van der Waals surface area contributed by atoms with E-state index < -0.39 is 0 Å². The molecule has 5 heteroatoms. The molecule has 0 aromatic heterocycles. The molecule has 3 rings (SSSR count). The molecule has 0 atom stereocenters. The van der Waals surface area contributed by atoms with Crippen LogP contribution >= 0.6 is 15.9 Å². The van der Waals surface area contributed by atoms with Crippen LogP contribution in [0.15, 0.2) is 34.8 Å². The molecule has 1 fully saturated rings. The molecule has 2 aromatic carbocycles. The standard InChI is InChI=1S/C19H23BrN2O2/c1-24-18-10-7-13-11-14(20)8-9-16(13)17(18)12-21-19(23)22-15-5-3-2-4-6-15/h7-11,15H,2-6,12H2,1H3,(H2,21,22,23). The molecule has 1 aliphatic carbocycles. The van der Waals surface area contributed by atoms with Crippen molar-refractivity contribution < 1.29 is 9.53 Å². The Hall–Kier alpha value is -1.75. The molecule has 0 heterocycles. The van der Waals surface area contributed by atoms with E-state index in [1.54, 1.807) is 7.11 Å². The maximum atomic E-state index is 12.2. The van der Waals surface area contributed by atoms with Gasteiger partial charge < -0.3 is 15.4 Å². The van der Waals surface area contributed by atoms with E-state index in [0.29, 0.717) is 12.6 Å². The zero-order valence-corrected chi connectivity index (χ0v) is 15.5. The number of benzene rings is 2. The normalized spacial score (nSPS) is 15.2. The van der Waals surface area contributed by atoms with Crippen LogP contribution in [0.25, 0.3) is 10.8 Å². The fourth-order valence-electron chi connectivity index (χ4n) is 3.37. The number of fused-ring (bicyclic) bond motifs is 1. The molecule has 1 saturated carbocycles. The Morgan fingerprint density at radius 3 is 2.75 bits per heavy atom. The molecule has 0 radical (unpaired) electrons. The lowest BCUT2D eigenvalue weighted by atomic mass is 9.96. The number of ether oxygens (including phenoxy) is 1. The summed E-state index contributed by atoms with van der Waals surface area (Å²) in [5.41, 5.74) is 1.00. The molecule has 0 aliphatic heterocycles. The Balaban J connectivity index is 1.72. The van der Waals surface area contributed by atoms with Gasteiger partial charge in [-0.3, -0.25) is 0 Å². The van der Waals surface area contributed by atoms with Crippen LogP contribution in [0.5, 0.6) is 5.75 Å². The molecule has 4 nitrogen and oxygen atoms in total. The fraction of sp³-hybridized carbons (Fsp3) is 0.421. The Kier molecular flexibility index (Phi) is 5.61. The van der Waals surface area contributed by atoms with Gasteiger partial charge in [-0.1, -0.05) is 47.3 Å². The van der Waals surface area contributed by atoms with Gasteiger partial charge >= 0.3 is 6.03 Å². The lowest BCUT2D eigenvalue weighted by molar-refractivity contribution is 0.232. The second kappa shape index (κ2) is 7.88. The second-order valence-electron chi connectivity index (χ2n) is 6.27. The molecule has 1 aliphatic rings. The number of urea groups is 1. The second-order valence-corrected chi connectivity index (χ2v) is 7.19. The Morgan fingerprint density at radius 2 is 2.00 bits per heavy atom. The van der Waals surface area contributed by atoms with E-state index in [0.717, 1.165) is 39.4 Å². The first kappa shape index (κ1) is 17.1. The van der Waals surface area contributed by atoms with Crippen molar-refractivity contribution >= 4 is 32.7 Å². The number of amides is 2. The minimum absolute atomic E-state index is 0.0990.